The molecule has 0 atom stereocenters. The summed E-state index contributed by atoms with van der Waals surface area (Å²) in [5.74, 6) is 0.385. The van der Waals surface area contributed by atoms with Crippen LogP contribution < -0.4 is 10.6 Å². The number of amides is 1. The van der Waals surface area contributed by atoms with E-state index in [1.807, 2.05) is 12.1 Å². The molecule has 3 aromatic rings. The van der Waals surface area contributed by atoms with Gasteiger partial charge >= 0.3 is 0 Å². The van der Waals surface area contributed by atoms with E-state index in [1.54, 1.807) is 42.7 Å². The second-order valence-corrected chi connectivity index (χ2v) is 6.13. The fourth-order valence-corrected chi connectivity index (χ4v) is 2.69. The highest BCUT2D eigenvalue weighted by atomic mass is 35.5. The summed E-state index contributed by atoms with van der Waals surface area (Å²) in [7, 11) is 0. The van der Waals surface area contributed by atoms with Gasteiger partial charge in [-0.2, -0.15) is 0 Å². The van der Waals surface area contributed by atoms with E-state index in [0.29, 0.717) is 28.0 Å². The molecule has 25 heavy (non-hydrogen) atoms. The number of nitrogens with zero attached hydrogens (tertiary/aromatic N) is 2. The molecule has 0 spiro atoms. The van der Waals surface area contributed by atoms with Gasteiger partial charge in [0.15, 0.2) is 0 Å². The van der Waals surface area contributed by atoms with Crippen LogP contribution in [0.25, 0.3) is 0 Å². The van der Waals surface area contributed by atoms with Crippen molar-refractivity contribution in [2.75, 3.05) is 5.32 Å². The zero-order valence-electron chi connectivity index (χ0n) is 13.0. The van der Waals surface area contributed by atoms with Crippen molar-refractivity contribution in [2.24, 2.45) is 0 Å². The van der Waals surface area contributed by atoms with E-state index in [4.69, 9.17) is 23.2 Å². The van der Waals surface area contributed by atoms with Crippen molar-refractivity contribution >= 4 is 40.6 Å². The highest BCUT2D eigenvalue weighted by Crippen LogP contribution is 2.24. The van der Waals surface area contributed by atoms with Crippen LogP contribution in [0.4, 0.5) is 11.5 Å². The molecule has 7 heteroatoms. The normalized spacial score (nSPS) is 10.3. The summed E-state index contributed by atoms with van der Waals surface area (Å²) in [6, 6.07) is 12.3. The molecule has 0 saturated heterocycles. The molecule has 3 rings (SSSR count). The molecule has 0 aliphatic rings. The largest absolute Gasteiger partial charge is 0.348 e. The average molecular weight is 373 g/mol. The number of rotatable bonds is 5. The van der Waals surface area contributed by atoms with Gasteiger partial charge in [0.25, 0.3) is 5.91 Å². The average Bonchev–Trinajstić information content (AvgIpc) is 2.60. The predicted molar refractivity (Wildman–Crippen MR) is 99.4 cm³/mol. The fourth-order valence-electron chi connectivity index (χ4n) is 2.16. The van der Waals surface area contributed by atoms with Gasteiger partial charge < -0.3 is 10.6 Å². The Morgan fingerprint density at radius 2 is 1.84 bits per heavy atom. The minimum Gasteiger partial charge on any atom is -0.348 e. The summed E-state index contributed by atoms with van der Waals surface area (Å²) in [5, 5.41) is 6.97. The quantitative estimate of drug-likeness (QED) is 0.693. The Kier molecular flexibility index (Phi) is 5.48. The summed E-state index contributed by atoms with van der Waals surface area (Å²) < 4.78 is 0. The standard InChI is InChI=1S/C18H14Cl2N4O/c19-14-6-15(20)8-16(7-14)24-17-4-3-13(11-22-17)18(25)23-10-12-2-1-5-21-9-12/h1-9,11H,10H2,(H,22,24)(H,23,25). The summed E-state index contributed by atoms with van der Waals surface area (Å²) >= 11 is 11.9. The van der Waals surface area contributed by atoms with Gasteiger partial charge in [0, 0.05) is 40.9 Å². The van der Waals surface area contributed by atoms with E-state index in [0.717, 1.165) is 11.3 Å². The number of pyridine rings is 2. The van der Waals surface area contributed by atoms with Gasteiger partial charge in [0.1, 0.15) is 5.82 Å². The molecule has 5 nitrogen and oxygen atoms in total. The first kappa shape index (κ1) is 17.2. The lowest BCUT2D eigenvalue weighted by Crippen LogP contribution is -2.22. The fraction of sp³-hybridized carbons (Fsp3) is 0.0556. The number of benzene rings is 1. The number of anilines is 2. The maximum absolute atomic E-state index is 12.2. The van der Waals surface area contributed by atoms with E-state index in [2.05, 4.69) is 20.6 Å². The van der Waals surface area contributed by atoms with Crippen LogP contribution in [0, 0.1) is 0 Å². The third kappa shape index (κ3) is 4.92. The number of hydrogen-bond acceptors (Lipinski definition) is 4. The summed E-state index contributed by atoms with van der Waals surface area (Å²) in [4.78, 5) is 20.4. The molecule has 1 amide bonds. The summed E-state index contributed by atoms with van der Waals surface area (Å²) in [6.07, 6.45) is 4.91. The van der Waals surface area contributed by atoms with Crippen molar-refractivity contribution in [1.29, 1.82) is 0 Å². The molecule has 0 fully saturated rings. The van der Waals surface area contributed by atoms with Crippen LogP contribution in [-0.4, -0.2) is 15.9 Å². The predicted octanol–water partition coefficient (Wildman–Crippen LogP) is 4.46. The molecule has 1 aromatic carbocycles. The lowest BCUT2D eigenvalue weighted by molar-refractivity contribution is 0.0950. The van der Waals surface area contributed by atoms with Gasteiger partial charge in [-0.25, -0.2) is 4.98 Å². The van der Waals surface area contributed by atoms with Gasteiger partial charge in [-0.15, -0.1) is 0 Å². The van der Waals surface area contributed by atoms with Crippen LogP contribution in [0.15, 0.2) is 61.1 Å². The smallest absolute Gasteiger partial charge is 0.253 e. The second-order valence-electron chi connectivity index (χ2n) is 5.26. The molecule has 0 radical (unpaired) electrons. The van der Waals surface area contributed by atoms with E-state index < -0.39 is 0 Å². The van der Waals surface area contributed by atoms with Crippen LogP contribution in [0.1, 0.15) is 15.9 Å². The Bertz CT molecular complexity index is 850. The molecule has 2 N–H and O–H groups in total. The number of aromatic nitrogens is 2. The third-order valence-electron chi connectivity index (χ3n) is 3.34. The van der Waals surface area contributed by atoms with Crippen molar-refractivity contribution in [3.05, 3.63) is 82.2 Å². The van der Waals surface area contributed by atoms with E-state index in [1.165, 1.54) is 6.20 Å². The maximum atomic E-state index is 12.2. The highest BCUT2D eigenvalue weighted by Gasteiger charge is 2.07. The summed E-state index contributed by atoms with van der Waals surface area (Å²) in [6.45, 7) is 0.410. The Morgan fingerprint density at radius 3 is 2.48 bits per heavy atom. The SMILES string of the molecule is O=C(NCc1cccnc1)c1ccc(Nc2cc(Cl)cc(Cl)c2)nc1. The number of carbonyl (C=O) groups excluding carboxylic acids is 1. The van der Waals surface area contributed by atoms with Crippen molar-refractivity contribution in [1.82, 2.24) is 15.3 Å². The van der Waals surface area contributed by atoms with Crippen molar-refractivity contribution in [3.8, 4) is 0 Å². The van der Waals surface area contributed by atoms with Crippen LogP contribution in [0.5, 0.6) is 0 Å². The lowest BCUT2D eigenvalue weighted by atomic mass is 10.2. The Morgan fingerprint density at radius 1 is 1.04 bits per heavy atom. The molecule has 0 bridgehead atoms. The van der Waals surface area contributed by atoms with Gasteiger partial charge in [-0.1, -0.05) is 29.3 Å². The molecule has 2 aromatic heterocycles. The Hall–Kier alpha value is -2.63. The molecule has 126 valence electrons. The van der Waals surface area contributed by atoms with E-state index in [-0.39, 0.29) is 5.91 Å². The first-order valence-electron chi connectivity index (χ1n) is 7.46. The lowest BCUT2D eigenvalue weighted by Gasteiger charge is -2.08. The van der Waals surface area contributed by atoms with Crippen molar-refractivity contribution in [3.63, 3.8) is 0 Å². The van der Waals surface area contributed by atoms with Crippen LogP contribution in [0.2, 0.25) is 10.0 Å². The molecule has 0 aliphatic heterocycles. The van der Waals surface area contributed by atoms with Crippen LogP contribution in [0.3, 0.4) is 0 Å². The van der Waals surface area contributed by atoms with E-state index in [9.17, 15) is 4.79 Å². The minimum absolute atomic E-state index is 0.200. The zero-order chi connectivity index (χ0) is 17.6. The molecule has 0 aliphatic carbocycles. The zero-order valence-corrected chi connectivity index (χ0v) is 14.6. The summed E-state index contributed by atoms with van der Waals surface area (Å²) in [5.41, 5.74) is 2.12. The van der Waals surface area contributed by atoms with Crippen molar-refractivity contribution < 1.29 is 4.79 Å². The first-order valence-corrected chi connectivity index (χ1v) is 8.22. The third-order valence-corrected chi connectivity index (χ3v) is 3.77. The molecule has 0 unspecified atom stereocenters. The second kappa shape index (κ2) is 7.96. The highest BCUT2D eigenvalue weighted by molar-refractivity contribution is 6.35. The van der Waals surface area contributed by atoms with Crippen LogP contribution >= 0.6 is 23.2 Å². The van der Waals surface area contributed by atoms with Gasteiger partial charge in [0.2, 0.25) is 0 Å². The van der Waals surface area contributed by atoms with Crippen LogP contribution in [-0.2, 0) is 6.54 Å². The Labute approximate surface area is 155 Å². The number of hydrogen-bond donors (Lipinski definition) is 2. The molecular formula is C18H14Cl2N4O. The minimum atomic E-state index is -0.200. The molecule has 2 heterocycles. The maximum Gasteiger partial charge on any atom is 0.253 e. The first-order chi connectivity index (χ1) is 12.1. The van der Waals surface area contributed by atoms with Gasteiger partial charge in [0.05, 0.1) is 5.56 Å². The Balaban J connectivity index is 1.62. The van der Waals surface area contributed by atoms with Gasteiger partial charge in [-0.05, 0) is 42.0 Å². The van der Waals surface area contributed by atoms with E-state index >= 15 is 0 Å². The monoisotopic (exact) mass is 372 g/mol. The number of carbonyl (C=O) groups is 1. The topological polar surface area (TPSA) is 66.9 Å². The molecule has 0 saturated carbocycles. The van der Waals surface area contributed by atoms with Gasteiger partial charge in [-0.3, -0.25) is 9.78 Å². The number of halogens is 2. The number of nitrogens with one attached hydrogen (secondary N) is 2. The molecular weight excluding hydrogens is 359 g/mol. The van der Waals surface area contributed by atoms with Crippen molar-refractivity contribution in [2.45, 2.75) is 6.54 Å².